The Balaban J connectivity index is 1.79. The van der Waals surface area contributed by atoms with Crippen molar-refractivity contribution in [3.05, 3.63) is 52.9 Å². The van der Waals surface area contributed by atoms with E-state index in [0.29, 0.717) is 10.8 Å². The number of amides is 1. The first-order valence-corrected chi connectivity index (χ1v) is 7.38. The summed E-state index contributed by atoms with van der Waals surface area (Å²) in [7, 11) is 0. The fourth-order valence-electron chi connectivity index (χ4n) is 1.53. The van der Waals surface area contributed by atoms with Gasteiger partial charge in [0.05, 0.1) is 17.3 Å². The van der Waals surface area contributed by atoms with Gasteiger partial charge in [0.25, 0.3) is 0 Å². The van der Waals surface area contributed by atoms with Gasteiger partial charge in [0.15, 0.2) is 0 Å². The summed E-state index contributed by atoms with van der Waals surface area (Å²) in [5, 5.41) is 12.0. The lowest BCUT2D eigenvalue weighted by Crippen LogP contribution is -2.24. The van der Waals surface area contributed by atoms with Gasteiger partial charge in [-0.3, -0.25) is 4.79 Å². The molecule has 1 aromatic heterocycles. The largest absolute Gasteiger partial charge is 0.475 e. The van der Waals surface area contributed by atoms with E-state index < -0.39 is 5.97 Å². The van der Waals surface area contributed by atoms with Crippen LogP contribution in [-0.2, 0) is 11.3 Å². The van der Waals surface area contributed by atoms with E-state index in [-0.39, 0.29) is 24.0 Å². The fraction of sp³-hybridized carbons (Fsp3) is 0.143. The number of carbonyl (C=O) groups excluding carboxylic acids is 1. The van der Waals surface area contributed by atoms with Gasteiger partial charge in [-0.05, 0) is 24.3 Å². The molecule has 2 N–H and O–H groups in total. The van der Waals surface area contributed by atoms with Crippen LogP contribution in [0.15, 0.2) is 45.7 Å². The highest BCUT2D eigenvalue weighted by atomic mass is 35.5. The summed E-state index contributed by atoms with van der Waals surface area (Å²) in [5.41, 5.74) is 0. The number of halogens is 1. The van der Waals surface area contributed by atoms with Crippen LogP contribution in [0.3, 0.4) is 0 Å². The molecule has 0 unspecified atom stereocenters. The van der Waals surface area contributed by atoms with Crippen molar-refractivity contribution in [2.45, 2.75) is 11.4 Å². The number of thioether (sulfide) groups is 1. The average Bonchev–Trinajstić information content (AvgIpc) is 2.93. The molecule has 1 amide bonds. The first-order chi connectivity index (χ1) is 10.1. The van der Waals surface area contributed by atoms with Crippen molar-refractivity contribution in [1.29, 1.82) is 0 Å². The molecule has 1 heterocycles. The SMILES string of the molecule is O=C(CSc1ccccc1Cl)NCc1ccc(C(=O)O)o1. The second kappa shape index (κ2) is 7.19. The predicted molar refractivity (Wildman–Crippen MR) is 79.7 cm³/mol. The second-order valence-corrected chi connectivity index (χ2v) is 5.49. The molecule has 0 spiro atoms. The zero-order chi connectivity index (χ0) is 15.2. The van der Waals surface area contributed by atoms with Crippen molar-refractivity contribution >= 4 is 35.2 Å². The number of benzene rings is 1. The maximum absolute atomic E-state index is 11.7. The van der Waals surface area contributed by atoms with E-state index in [9.17, 15) is 9.59 Å². The zero-order valence-corrected chi connectivity index (χ0v) is 12.4. The lowest BCUT2D eigenvalue weighted by Gasteiger charge is -2.04. The van der Waals surface area contributed by atoms with Crippen LogP contribution < -0.4 is 5.32 Å². The Morgan fingerprint density at radius 1 is 1.24 bits per heavy atom. The molecule has 21 heavy (non-hydrogen) atoms. The average molecular weight is 326 g/mol. The monoisotopic (exact) mass is 325 g/mol. The lowest BCUT2D eigenvalue weighted by atomic mass is 10.4. The number of carbonyl (C=O) groups is 2. The molecule has 1 aromatic carbocycles. The van der Waals surface area contributed by atoms with Crippen LogP contribution in [0.1, 0.15) is 16.3 Å². The van der Waals surface area contributed by atoms with Crippen molar-refractivity contribution in [1.82, 2.24) is 5.32 Å². The summed E-state index contributed by atoms with van der Waals surface area (Å²) in [6, 6.07) is 10.1. The molecule has 0 atom stereocenters. The molecule has 2 aromatic rings. The van der Waals surface area contributed by atoms with Crippen LogP contribution in [0.25, 0.3) is 0 Å². The zero-order valence-electron chi connectivity index (χ0n) is 10.8. The molecule has 7 heteroatoms. The Morgan fingerprint density at radius 2 is 2.00 bits per heavy atom. The number of aromatic carboxylic acids is 1. The molecular weight excluding hydrogens is 314 g/mol. The normalized spacial score (nSPS) is 10.3. The highest BCUT2D eigenvalue weighted by molar-refractivity contribution is 8.00. The van der Waals surface area contributed by atoms with E-state index in [1.807, 2.05) is 18.2 Å². The van der Waals surface area contributed by atoms with Crippen molar-refractivity contribution in [2.24, 2.45) is 0 Å². The molecule has 2 rings (SSSR count). The first-order valence-electron chi connectivity index (χ1n) is 6.02. The van der Waals surface area contributed by atoms with Gasteiger partial charge >= 0.3 is 5.97 Å². The summed E-state index contributed by atoms with van der Waals surface area (Å²) in [5.74, 6) is -0.862. The fourth-order valence-corrected chi connectivity index (χ4v) is 2.60. The third-order valence-electron chi connectivity index (χ3n) is 2.53. The molecule has 110 valence electrons. The van der Waals surface area contributed by atoms with Gasteiger partial charge in [0, 0.05) is 4.90 Å². The molecule has 0 aliphatic carbocycles. The van der Waals surface area contributed by atoms with E-state index in [2.05, 4.69) is 5.32 Å². The molecule has 0 saturated carbocycles. The molecule has 0 fully saturated rings. The third kappa shape index (κ3) is 4.54. The Morgan fingerprint density at radius 3 is 2.67 bits per heavy atom. The minimum absolute atomic E-state index is 0.148. The van der Waals surface area contributed by atoms with Gasteiger partial charge in [-0.2, -0.15) is 0 Å². The van der Waals surface area contributed by atoms with Crippen molar-refractivity contribution in [3.8, 4) is 0 Å². The summed E-state index contributed by atoms with van der Waals surface area (Å²) >= 11 is 7.32. The van der Waals surface area contributed by atoms with E-state index in [0.717, 1.165) is 4.90 Å². The first kappa shape index (κ1) is 15.5. The van der Waals surface area contributed by atoms with Crippen LogP contribution in [0.5, 0.6) is 0 Å². The van der Waals surface area contributed by atoms with Crippen molar-refractivity contribution in [2.75, 3.05) is 5.75 Å². The maximum atomic E-state index is 11.7. The third-order valence-corrected chi connectivity index (χ3v) is 4.04. The number of nitrogens with one attached hydrogen (secondary N) is 1. The van der Waals surface area contributed by atoms with Gasteiger partial charge < -0.3 is 14.8 Å². The molecule has 0 aliphatic heterocycles. The minimum atomic E-state index is -1.14. The van der Waals surface area contributed by atoms with Crippen molar-refractivity contribution < 1.29 is 19.1 Å². The van der Waals surface area contributed by atoms with Gasteiger partial charge in [0.2, 0.25) is 11.7 Å². The summed E-state index contributed by atoms with van der Waals surface area (Å²) in [4.78, 5) is 23.2. The van der Waals surface area contributed by atoms with Crippen molar-refractivity contribution in [3.63, 3.8) is 0 Å². The van der Waals surface area contributed by atoms with Crippen LogP contribution in [0, 0.1) is 0 Å². The summed E-state index contributed by atoms with van der Waals surface area (Å²) < 4.78 is 5.04. The Hall–Kier alpha value is -1.92. The quantitative estimate of drug-likeness (QED) is 0.798. The van der Waals surface area contributed by atoms with Gasteiger partial charge in [-0.25, -0.2) is 4.79 Å². The Labute approximate surface area is 130 Å². The number of hydrogen-bond donors (Lipinski definition) is 2. The van der Waals surface area contributed by atoms with E-state index in [1.54, 1.807) is 6.07 Å². The molecule has 0 radical (unpaired) electrons. The molecule has 5 nitrogen and oxygen atoms in total. The molecule has 0 bridgehead atoms. The topological polar surface area (TPSA) is 79.5 Å². The number of hydrogen-bond acceptors (Lipinski definition) is 4. The van der Waals surface area contributed by atoms with Crippen LogP contribution >= 0.6 is 23.4 Å². The minimum Gasteiger partial charge on any atom is -0.475 e. The lowest BCUT2D eigenvalue weighted by molar-refractivity contribution is -0.118. The highest BCUT2D eigenvalue weighted by Gasteiger charge is 2.10. The van der Waals surface area contributed by atoms with E-state index in [1.165, 1.54) is 23.9 Å². The standard InChI is InChI=1S/C14H12ClNO4S/c15-10-3-1-2-4-12(10)21-8-13(17)16-7-9-5-6-11(20-9)14(18)19/h1-6H,7-8H2,(H,16,17)(H,18,19). The molecule has 0 saturated heterocycles. The van der Waals surface area contributed by atoms with Crippen LogP contribution in [0.2, 0.25) is 5.02 Å². The van der Waals surface area contributed by atoms with Gasteiger partial charge in [-0.15, -0.1) is 11.8 Å². The number of carboxylic acid groups (broad SMARTS) is 1. The number of furan rings is 1. The number of rotatable bonds is 6. The summed E-state index contributed by atoms with van der Waals surface area (Å²) in [6.45, 7) is 0.148. The number of carboxylic acids is 1. The van der Waals surface area contributed by atoms with Crippen LogP contribution in [-0.4, -0.2) is 22.7 Å². The molecule has 0 aliphatic rings. The molecular formula is C14H12ClNO4S. The predicted octanol–water partition coefficient (Wildman–Crippen LogP) is 3.04. The van der Waals surface area contributed by atoms with E-state index >= 15 is 0 Å². The van der Waals surface area contributed by atoms with E-state index in [4.69, 9.17) is 21.1 Å². The summed E-state index contributed by atoms with van der Waals surface area (Å²) in [6.07, 6.45) is 0. The van der Waals surface area contributed by atoms with Gasteiger partial charge in [0.1, 0.15) is 5.76 Å². The Kier molecular flexibility index (Phi) is 5.30. The van der Waals surface area contributed by atoms with Crippen LogP contribution in [0.4, 0.5) is 0 Å². The smallest absolute Gasteiger partial charge is 0.371 e. The highest BCUT2D eigenvalue weighted by Crippen LogP contribution is 2.26. The second-order valence-electron chi connectivity index (χ2n) is 4.07. The van der Waals surface area contributed by atoms with Gasteiger partial charge in [-0.1, -0.05) is 23.7 Å². The maximum Gasteiger partial charge on any atom is 0.371 e. The Bertz CT molecular complexity index is 656.